The van der Waals surface area contributed by atoms with E-state index in [2.05, 4.69) is 0 Å². The summed E-state index contributed by atoms with van der Waals surface area (Å²) in [7, 11) is -3.09. The van der Waals surface area contributed by atoms with Crippen LogP contribution in [0.25, 0.3) is 0 Å². The minimum Gasteiger partial charge on any atom is -0.274 e. The Morgan fingerprint density at radius 1 is 0.833 bits per heavy atom. The minimum atomic E-state index is -3.09. The Labute approximate surface area is 140 Å². The molecular formula is C18H19NO4S. The van der Waals surface area contributed by atoms with Crippen molar-refractivity contribution in [2.24, 2.45) is 23.7 Å². The van der Waals surface area contributed by atoms with Gasteiger partial charge < -0.3 is 0 Å². The Morgan fingerprint density at radius 2 is 1.38 bits per heavy atom. The van der Waals surface area contributed by atoms with Gasteiger partial charge in [0.1, 0.15) is 0 Å². The predicted octanol–water partition coefficient (Wildman–Crippen LogP) is 2.04. The van der Waals surface area contributed by atoms with Gasteiger partial charge in [0.25, 0.3) is 0 Å². The molecule has 5 nitrogen and oxygen atoms in total. The van der Waals surface area contributed by atoms with Crippen molar-refractivity contribution in [3.05, 3.63) is 29.3 Å². The quantitative estimate of drug-likeness (QED) is 0.730. The highest BCUT2D eigenvalue weighted by atomic mass is 32.2. The molecule has 6 heteroatoms. The second-order valence-corrected chi connectivity index (χ2v) is 9.79. The molecule has 0 N–H and O–H groups in total. The fourth-order valence-electron chi connectivity index (χ4n) is 5.37. The summed E-state index contributed by atoms with van der Waals surface area (Å²) in [4.78, 5) is 27.3. The van der Waals surface area contributed by atoms with E-state index in [-0.39, 0.29) is 35.2 Å². The first kappa shape index (κ1) is 14.6. The molecule has 2 atom stereocenters. The largest absolute Gasteiger partial charge is 0.274 e. The normalized spacial score (nSPS) is 36.1. The first-order valence-electron chi connectivity index (χ1n) is 8.65. The summed E-state index contributed by atoms with van der Waals surface area (Å²) in [6, 6.07) is 5.22. The van der Waals surface area contributed by atoms with E-state index in [1.165, 1.54) is 4.90 Å². The number of hydrogen-bond donors (Lipinski definition) is 0. The Kier molecular flexibility index (Phi) is 2.86. The standard InChI is InChI=1S/C18H19NO4S/c20-17-15-10-1-2-11(4-3-10)16(15)18(21)19(17)14-6-5-12-8-24(22,23)9-13(12)7-14/h5-7,10-11,15-16H,1-4,8-9H2/t10?,11?,15-,16+. The summed E-state index contributed by atoms with van der Waals surface area (Å²) in [5, 5.41) is 0. The monoisotopic (exact) mass is 345 g/mol. The van der Waals surface area contributed by atoms with Gasteiger partial charge in [-0.05, 0) is 60.8 Å². The molecule has 4 fully saturated rings. The van der Waals surface area contributed by atoms with Gasteiger partial charge >= 0.3 is 0 Å². The molecular weight excluding hydrogens is 326 g/mol. The van der Waals surface area contributed by atoms with Crippen molar-refractivity contribution in [1.82, 2.24) is 0 Å². The topological polar surface area (TPSA) is 71.5 Å². The van der Waals surface area contributed by atoms with Crippen molar-refractivity contribution in [1.29, 1.82) is 0 Å². The number of amides is 2. The number of rotatable bonds is 1. The summed E-state index contributed by atoms with van der Waals surface area (Å²) in [5.41, 5.74) is 2.07. The van der Waals surface area contributed by atoms with Crippen molar-refractivity contribution >= 4 is 27.3 Å². The number of sulfone groups is 1. The number of fused-ring (bicyclic) bond motifs is 3. The SMILES string of the molecule is O=C1[C@@H]2C3CCC(CC3)[C@@H]2C(=O)N1c1ccc2c(c1)CS(=O)(=O)C2. The van der Waals surface area contributed by atoms with Crippen LogP contribution in [-0.4, -0.2) is 20.2 Å². The number of carbonyl (C=O) groups excluding carboxylic acids is 2. The van der Waals surface area contributed by atoms with Gasteiger partial charge in [-0.1, -0.05) is 6.07 Å². The average molecular weight is 345 g/mol. The lowest BCUT2D eigenvalue weighted by Crippen LogP contribution is -2.41. The Morgan fingerprint density at radius 3 is 1.96 bits per heavy atom. The highest BCUT2D eigenvalue weighted by Crippen LogP contribution is 2.53. The van der Waals surface area contributed by atoms with Crippen LogP contribution in [-0.2, 0) is 30.9 Å². The lowest BCUT2D eigenvalue weighted by Gasteiger charge is -2.42. The maximum Gasteiger partial charge on any atom is 0.237 e. The summed E-state index contributed by atoms with van der Waals surface area (Å²) in [6.07, 6.45) is 4.23. The van der Waals surface area contributed by atoms with E-state index in [9.17, 15) is 18.0 Å². The molecule has 1 aromatic rings. The van der Waals surface area contributed by atoms with Gasteiger partial charge in [-0.2, -0.15) is 0 Å². The van der Waals surface area contributed by atoms with Crippen LogP contribution in [0.2, 0.25) is 0 Å². The maximum atomic E-state index is 13.0. The van der Waals surface area contributed by atoms with Gasteiger partial charge in [0.15, 0.2) is 9.84 Å². The van der Waals surface area contributed by atoms with Crippen LogP contribution in [0.3, 0.4) is 0 Å². The van der Waals surface area contributed by atoms with E-state index in [1.807, 2.05) is 0 Å². The van der Waals surface area contributed by atoms with Gasteiger partial charge in [0, 0.05) is 0 Å². The van der Waals surface area contributed by atoms with Crippen molar-refractivity contribution in [2.75, 3.05) is 4.90 Å². The number of carbonyl (C=O) groups is 2. The van der Waals surface area contributed by atoms with Crippen LogP contribution < -0.4 is 4.90 Å². The third-order valence-electron chi connectivity index (χ3n) is 6.43. The van der Waals surface area contributed by atoms with Crippen LogP contribution in [0.5, 0.6) is 0 Å². The van der Waals surface area contributed by atoms with Crippen molar-refractivity contribution in [2.45, 2.75) is 37.2 Å². The highest BCUT2D eigenvalue weighted by Gasteiger charge is 2.58. The molecule has 0 spiro atoms. The third kappa shape index (κ3) is 1.89. The lowest BCUT2D eigenvalue weighted by atomic mass is 9.59. The smallest absolute Gasteiger partial charge is 0.237 e. The number of anilines is 1. The van der Waals surface area contributed by atoms with E-state index in [0.29, 0.717) is 17.5 Å². The Balaban J connectivity index is 1.54. The number of hydrogen-bond acceptors (Lipinski definition) is 4. The van der Waals surface area contributed by atoms with Crippen molar-refractivity contribution in [3.63, 3.8) is 0 Å². The molecule has 6 rings (SSSR count). The van der Waals surface area contributed by atoms with E-state index in [0.717, 1.165) is 36.8 Å². The molecule has 2 heterocycles. The molecule has 1 aromatic carbocycles. The third-order valence-corrected chi connectivity index (χ3v) is 7.93. The summed E-state index contributed by atoms with van der Waals surface area (Å²) >= 11 is 0. The fraction of sp³-hybridized carbons (Fsp3) is 0.556. The molecule has 2 amide bonds. The van der Waals surface area contributed by atoms with E-state index in [4.69, 9.17) is 0 Å². The summed E-state index contributed by atoms with van der Waals surface area (Å²) in [5.74, 6) is 0.307. The van der Waals surface area contributed by atoms with Gasteiger partial charge in [-0.15, -0.1) is 0 Å². The zero-order valence-electron chi connectivity index (χ0n) is 13.3. The molecule has 0 aromatic heterocycles. The second kappa shape index (κ2) is 4.69. The molecule has 1 saturated heterocycles. The molecule has 126 valence electrons. The van der Waals surface area contributed by atoms with Crippen molar-refractivity contribution in [3.8, 4) is 0 Å². The number of nitrogens with zero attached hydrogens (tertiary/aromatic N) is 1. The van der Waals surface area contributed by atoms with Gasteiger partial charge in [0.2, 0.25) is 11.8 Å². The van der Waals surface area contributed by atoms with Crippen LogP contribution in [0.15, 0.2) is 18.2 Å². The molecule has 3 saturated carbocycles. The molecule has 2 aliphatic heterocycles. The second-order valence-electron chi connectivity index (χ2n) is 7.72. The van der Waals surface area contributed by atoms with Crippen LogP contribution >= 0.6 is 0 Å². The molecule has 0 unspecified atom stereocenters. The zero-order chi connectivity index (χ0) is 16.6. The zero-order valence-corrected chi connectivity index (χ0v) is 14.1. The molecule has 5 aliphatic rings. The first-order valence-corrected chi connectivity index (χ1v) is 10.5. The molecule has 0 radical (unpaired) electrons. The highest BCUT2D eigenvalue weighted by molar-refractivity contribution is 7.90. The lowest BCUT2D eigenvalue weighted by molar-refractivity contribution is -0.129. The first-order chi connectivity index (χ1) is 11.4. The average Bonchev–Trinajstić information content (AvgIpc) is 3.02. The minimum absolute atomic E-state index is 0.00447. The molecule has 3 aliphatic carbocycles. The maximum absolute atomic E-state index is 13.0. The number of imide groups is 1. The Hall–Kier alpha value is -1.69. The van der Waals surface area contributed by atoms with Crippen LogP contribution in [0, 0.1) is 23.7 Å². The van der Waals surface area contributed by atoms with Gasteiger partial charge in [0.05, 0.1) is 29.0 Å². The van der Waals surface area contributed by atoms with E-state index < -0.39 is 9.84 Å². The Bertz CT molecular complexity index is 837. The van der Waals surface area contributed by atoms with E-state index >= 15 is 0 Å². The number of benzene rings is 1. The fourth-order valence-corrected chi connectivity index (χ4v) is 6.97. The van der Waals surface area contributed by atoms with Crippen LogP contribution in [0.1, 0.15) is 36.8 Å². The van der Waals surface area contributed by atoms with Gasteiger partial charge in [-0.25, -0.2) is 8.42 Å². The van der Waals surface area contributed by atoms with Crippen molar-refractivity contribution < 1.29 is 18.0 Å². The van der Waals surface area contributed by atoms with Crippen LogP contribution in [0.4, 0.5) is 5.69 Å². The van der Waals surface area contributed by atoms with E-state index in [1.54, 1.807) is 18.2 Å². The molecule has 2 bridgehead atoms. The summed E-state index contributed by atoms with van der Waals surface area (Å²) < 4.78 is 23.6. The summed E-state index contributed by atoms with van der Waals surface area (Å²) in [6.45, 7) is 0. The molecule has 24 heavy (non-hydrogen) atoms. The van der Waals surface area contributed by atoms with Gasteiger partial charge in [-0.3, -0.25) is 14.5 Å². The predicted molar refractivity (Wildman–Crippen MR) is 87.7 cm³/mol.